The van der Waals surface area contributed by atoms with Gasteiger partial charge in [-0.25, -0.2) is 4.98 Å². The number of fused-ring (bicyclic) bond motifs is 3. The number of rotatable bonds is 6. The number of aromatic nitrogens is 2. The maximum absolute atomic E-state index is 13.0. The van der Waals surface area contributed by atoms with Crippen LogP contribution in [-0.2, 0) is 19.4 Å². The number of benzene rings is 2. The number of thiophene rings is 1. The zero-order valence-electron chi connectivity index (χ0n) is 19.5. The summed E-state index contributed by atoms with van der Waals surface area (Å²) in [6.45, 7) is 0.349. The van der Waals surface area contributed by atoms with E-state index in [1.165, 1.54) is 29.7 Å². The van der Waals surface area contributed by atoms with E-state index in [0.717, 1.165) is 57.9 Å². The van der Waals surface area contributed by atoms with Gasteiger partial charge in [0.1, 0.15) is 34.5 Å². The van der Waals surface area contributed by atoms with Crippen LogP contribution in [0.15, 0.2) is 47.3 Å². The number of nitrogens with one attached hydrogen (secondary N) is 1. The SMILES string of the molecule is COc1ccc(OC)c(COc2ccc(-c3nc4sc5c(c4c(=O)[nH]3)CCCCCC5)cc2)c1. The van der Waals surface area contributed by atoms with E-state index in [4.69, 9.17) is 19.2 Å². The Balaban J connectivity index is 1.37. The Morgan fingerprint density at radius 2 is 1.71 bits per heavy atom. The van der Waals surface area contributed by atoms with Gasteiger partial charge in [0, 0.05) is 16.0 Å². The fourth-order valence-corrected chi connectivity index (χ4v) is 5.78. The number of aromatic amines is 1. The third-order valence-electron chi connectivity index (χ3n) is 6.33. The molecule has 0 spiro atoms. The standard InChI is InChI=1S/C27H28N2O4S/c1-31-20-13-14-22(32-2)18(15-20)16-33-19-11-9-17(10-12-19)25-28-26(30)24-21-7-5-3-4-6-8-23(21)34-27(24)29-25/h9-15H,3-8,16H2,1-2H3,(H,28,29,30). The zero-order valence-corrected chi connectivity index (χ0v) is 20.3. The molecule has 4 aromatic rings. The van der Waals surface area contributed by atoms with Crippen molar-refractivity contribution < 1.29 is 14.2 Å². The molecule has 6 nitrogen and oxygen atoms in total. The monoisotopic (exact) mass is 476 g/mol. The normalized spacial score (nSPS) is 13.7. The van der Waals surface area contributed by atoms with E-state index in [9.17, 15) is 4.79 Å². The fraction of sp³-hybridized carbons (Fsp3) is 0.333. The molecule has 0 radical (unpaired) electrons. The molecule has 0 aliphatic heterocycles. The molecule has 34 heavy (non-hydrogen) atoms. The molecule has 1 N–H and O–H groups in total. The van der Waals surface area contributed by atoms with E-state index in [-0.39, 0.29) is 5.56 Å². The highest BCUT2D eigenvalue weighted by molar-refractivity contribution is 7.18. The number of methoxy groups -OCH3 is 2. The quantitative estimate of drug-likeness (QED) is 0.375. The minimum absolute atomic E-state index is 0.0384. The van der Waals surface area contributed by atoms with Crippen LogP contribution in [0, 0.1) is 0 Å². The van der Waals surface area contributed by atoms with Crippen molar-refractivity contribution in [2.45, 2.75) is 45.1 Å². The summed E-state index contributed by atoms with van der Waals surface area (Å²) in [5.41, 5.74) is 2.93. The highest BCUT2D eigenvalue weighted by atomic mass is 32.1. The fourth-order valence-electron chi connectivity index (χ4n) is 4.52. The van der Waals surface area contributed by atoms with E-state index in [2.05, 4.69) is 4.98 Å². The third kappa shape index (κ3) is 4.53. The summed E-state index contributed by atoms with van der Waals surface area (Å²) in [5.74, 6) is 2.81. The summed E-state index contributed by atoms with van der Waals surface area (Å²) in [5, 5.41) is 0.790. The molecule has 2 aromatic carbocycles. The maximum atomic E-state index is 13.0. The van der Waals surface area contributed by atoms with Crippen LogP contribution in [0.1, 0.15) is 41.7 Å². The number of hydrogen-bond acceptors (Lipinski definition) is 6. The molecule has 1 aliphatic carbocycles. The molecule has 2 aromatic heterocycles. The molecule has 0 bridgehead atoms. The molecule has 0 atom stereocenters. The second-order valence-electron chi connectivity index (χ2n) is 8.50. The van der Waals surface area contributed by atoms with Crippen LogP contribution < -0.4 is 19.8 Å². The van der Waals surface area contributed by atoms with E-state index in [0.29, 0.717) is 12.4 Å². The first-order valence-corrected chi connectivity index (χ1v) is 12.5. The molecule has 176 valence electrons. The van der Waals surface area contributed by atoms with Crippen LogP contribution in [0.25, 0.3) is 21.6 Å². The summed E-state index contributed by atoms with van der Waals surface area (Å²) >= 11 is 1.68. The number of hydrogen-bond donors (Lipinski definition) is 1. The summed E-state index contributed by atoms with van der Waals surface area (Å²) in [7, 11) is 3.27. The third-order valence-corrected chi connectivity index (χ3v) is 7.52. The van der Waals surface area contributed by atoms with Gasteiger partial charge in [-0.05, 0) is 73.7 Å². The Bertz CT molecular complexity index is 1360. The van der Waals surface area contributed by atoms with E-state index < -0.39 is 0 Å². The first-order valence-electron chi connectivity index (χ1n) is 11.6. The topological polar surface area (TPSA) is 73.4 Å². The summed E-state index contributed by atoms with van der Waals surface area (Å²) in [6.07, 6.45) is 6.86. The molecule has 1 aliphatic rings. The predicted molar refractivity (Wildman–Crippen MR) is 135 cm³/mol. The van der Waals surface area contributed by atoms with Crippen LogP contribution in [0.3, 0.4) is 0 Å². The van der Waals surface area contributed by atoms with Gasteiger partial charge in [0.05, 0.1) is 19.6 Å². The largest absolute Gasteiger partial charge is 0.497 e. The Hall–Kier alpha value is -3.32. The van der Waals surface area contributed by atoms with Crippen molar-refractivity contribution >= 4 is 21.6 Å². The van der Waals surface area contributed by atoms with Crippen molar-refractivity contribution in [2.75, 3.05) is 14.2 Å². The van der Waals surface area contributed by atoms with Crippen molar-refractivity contribution in [3.05, 3.63) is 68.8 Å². The van der Waals surface area contributed by atoms with Crippen LogP contribution in [0.4, 0.5) is 0 Å². The van der Waals surface area contributed by atoms with Gasteiger partial charge in [-0.2, -0.15) is 0 Å². The van der Waals surface area contributed by atoms with Gasteiger partial charge in [0.15, 0.2) is 0 Å². The van der Waals surface area contributed by atoms with Crippen LogP contribution >= 0.6 is 11.3 Å². The maximum Gasteiger partial charge on any atom is 0.260 e. The summed E-state index contributed by atoms with van der Waals surface area (Å²) < 4.78 is 16.7. The highest BCUT2D eigenvalue weighted by Crippen LogP contribution is 2.33. The molecule has 0 unspecified atom stereocenters. The first kappa shape index (κ1) is 22.5. The molecular weight excluding hydrogens is 448 g/mol. The number of ether oxygens (including phenoxy) is 3. The Kier molecular flexibility index (Phi) is 6.54. The smallest absolute Gasteiger partial charge is 0.260 e. The molecular formula is C27H28N2O4S. The van der Waals surface area contributed by atoms with Gasteiger partial charge >= 0.3 is 0 Å². The van der Waals surface area contributed by atoms with Crippen molar-refractivity contribution in [3.63, 3.8) is 0 Å². The minimum Gasteiger partial charge on any atom is -0.497 e. The zero-order chi connectivity index (χ0) is 23.5. The average Bonchev–Trinajstić information content (AvgIpc) is 3.19. The van der Waals surface area contributed by atoms with E-state index >= 15 is 0 Å². The van der Waals surface area contributed by atoms with Gasteiger partial charge in [-0.15, -0.1) is 11.3 Å². The van der Waals surface area contributed by atoms with Crippen LogP contribution in [-0.4, -0.2) is 24.2 Å². The number of aryl methyl sites for hydroxylation is 2. The second-order valence-corrected chi connectivity index (χ2v) is 9.59. The summed E-state index contributed by atoms with van der Waals surface area (Å²) in [4.78, 5) is 23.0. The Labute approximate surface area is 202 Å². The van der Waals surface area contributed by atoms with E-state index in [1.807, 2.05) is 42.5 Å². The summed E-state index contributed by atoms with van der Waals surface area (Å²) in [6, 6.07) is 13.2. The lowest BCUT2D eigenvalue weighted by atomic mass is 9.98. The van der Waals surface area contributed by atoms with Gasteiger partial charge in [-0.3, -0.25) is 4.79 Å². The van der Waals surface area contributed by atoms with Gasteiger partial charge < -0.3 is 19.2 Å². The predicted octanol–water partition coefficient (Wildman–Crippen LogP) is 5.91. The van der Waals surface area contributed by atoms with Crippen molar-refractivity contribution in [2.24, 2.45) is 0 Å². The van der Waals surface area contributed by atoms with Gasteiger partial charge in [0.25, 0.3) is 5.56 Å². The van der Waals surface area contributed by atoms with Crippen molar-refractivity contribution in [1.82, 2.24) is 9.97 Å². The molecule has 0 saturated heterocycles. The molecule has 2 heterocycles. The Morgan fingerprint density at radius 3 is 2.47 bits per heavy atom. The lowest BCUT2D eigenvalue weighted by molar-refractivity contribution is 0.295. The molecule has 7 heteroatoms. The van der Waals surface area contributed by atoms with Gasteiger partial charge in [-0.1, -0.05) is 12.8 Å². The number of H-pyrrole nitrogens is 1. The van der Waals surface area contributed by atoms with Crippen LogP contribution in [0.5, 0.6) is 17.2 Å². The van der Waals surface area contributed by atoms with Crippen molar-refractivity contribution in [3.8, 4) is 28.6 Å². The lowest BCUT2D eigenvalue weighted by Gasteiger charge is -2.12. The van der Waals surface area contributed by atoms with Gasteiger partial charge in [0.2, 0.25) is 0 Å². The Morgan fingerprint density at radius 1 is 0.941 bits per heavy atom. The molecule has 0 saturated carbocycles. The highest BCUT2D eigenvalue weighted by Gasteiger charge is 2.18. The number of nitrogens with zero attached hydrogens (tertiary/aromatic N) is 1. The molecule has 0 amide bonds. The van der Waals surface area contributed by atoms with Crippen molar-refractivity contribution in [1.29, 1.82) is 0 Å². The average molecular weight is 477 g/mol. The first-order chi connectivity index (χ1) is 16.7. The van der Waals surface area contributed by atoms with E-state index in [1.54, 1.807) is 25.6 Å². The molecule has 5 rings (SSSR count). The molecule has 0 fully saturated rings. The minimum atomic E-state index is -0.0384. The lowest BCUT2D eigenvalue weighted by Crippen LogP contribution is -2.10. The van der Waals surface area contributed by atoms with Crippen LogP contribution in [0.2, 0.25) is 0 Å². The second kappa shape index (κ2) is 9.89.